The first-order valence-corrected chi connectivity index (χ1v) is 12.6. The van der Waals surface area contributed by atoms with Crippen LogP contribution in [0.25, 0.3) is 11.5 Å². The zero-order chi connectivity index (χ0) is 25.5. The lowest BCUT2D eigenvalue weighted by molar-refractivity contribution is 0.0609. The van der Waals surface area contributed by atoms with Crippen LogP contribution in [-0.4, -0.2) is 47.7 Å². The lowest BCUT2D eigenvalue weighted by Crippen LogP contribution is -2.43. The predicted molar refractivity (Wildman–Crippen MR) is 140 cm³/mol. The van der Waals surface area contributed by atoms with Gasteiger partial charge in [-0.1, -0.05) is 18.2 Å². The quantitative estimate of drug-likeness (QED) is 0.555. The number of rotatable bonds is 5. The van der Waals surface area contributed by atoms with Gasteiger partial charge in [-0.25, -0.2) is 4.98 Å². The van der Waals surface area contributed by atoms with Crippen molar-refractivity contribution in [3.05, 3.63) is 93.9 Å². The zero-order valence-electron chi connectivity index (χ0n) is 20.7. The van der Waals surface area contributed by atoms with Crippen LogP contribution in [-0.2, 0) is 11.3 Å². The molecule has 0 amide bonds. The minimum absolute atomic E-state index is 0.379. The lowest BCUT2D eigenvalue weighted by Gasteiger charge is -2.31. The highest BCUT2D eigenvalue weighted by molar-refractivity contribution is 5.45. The average Bonchev–Trinajstić information content (AvgIpc) is 2.99. The summed E-state index contributed by atoms with van der Waals surface area (Å²) in [5.41, 5.74) is 4.58. The molecule has 0 saturated carbocycles. The van der Waals surface area contributed by atoms with Gasteiger partial charge < -0.3 is 20.3 Å². The maximum Gasteiger partial charge on any atom is 0.140 e. The van der Waals surface area contributed by atoms with Gasteiger partial charge in [0.25, 0.3) is 0 Å². The highest BCUT2D eigenvalue weighted by Gasteiger charge is 2.19. The summed E-state index contributed by atoms with van der Waals surface area (Å²) in [6.45, 7) is 4.48. The van der Waals surface area contributed by atoms with Crippen LogP contribution in [0.5, 0.6) is 0 Å². The smallest absolute Gasteiger partial charge is 0.140 e. The Morgan fingerprint density at radius 3 is 2.46 bits per heavy atom. The molecule has 0 spiro atoms. The van der Waals surface area contributed by atoms with Gasteiger partial charge in [-0.3, -0.25) is 4.98 Å². The van der Waals surface area contributed by atoms with Gasteiger partial charge in [0.1, 0.15) is 22.9 Å². The molecule has 0 bridgehead atoms. The first-order valence-electron chi connectivity index (χ1n) is 12.6. The van der Waals surface area contributed by atoms with Gasteiger partial charge in [-0.2, -0.15) is 10.5 Å². The lowest BCUT2D eigenvalue weighted by atomic mass is 9.91. The molecule has 1 atom stereocenters. The summed E-state index contributed by atoms with van der Waals surface area (Å²) in [4.78, 5) is 11.3. The molecule has 4 heterocycles. The highest BCUT2D eigenvalue weighted by Crippen LogP contribution is 2.26. The summed E-state index contributed by atoms with van der Waals surface area (Å²) in [6.07, 6.45) is 5.73. The number of nitrogens with one attached hydrogen (secondary N) is 2. The molecule has 3 aromatic rings. The fraction of sp³-hybridized carbons (Fsp3) is 0.310. The van der Waals surface area contributed by atoms with Crippen molar-refractivity contribution in [3.63, 3.8) is 0 Å². The largest absolute Gasteiger partial charge is 0.387 e. The molecule has 8 nitrogen and oxygen atoms in total. The van der Waals surface area contributed by atoms with Gasteiger partial charge >= 0.3 is 0 Å². The van der Waals surface area contributed by atoms with E-state index in [1.807, 2.05) is 42.7 Å². The monoisotopic (exact) mass is 491 g/mol. The molecule has 186 valence electrons. The van der Waals surface area contributed by atoms with E-state index >= 15 is 0 Å². The van der Waals surface area contributed by atoms with E-state index in [0.29, 0.717) is 36.9 Å². The Hall–Kier alpha value is -4.40. The van der Waals surface area contributed by atoms with Crippen LogP contribution in [0.2, 0.25) is 0 Å². The van der Waals surface area contributed by atoms with Crippen LogP contribution in [0.1, 0.15) is 41.1 Å². The zero-order valence-corrected chi connectivity index (χ0v) is 20.7. The molecule has 2 fully saturated rings. The molecule has 2 aliphatic heterocycles. The van der Waals surface area contributed by atoms with E-state index < -0.39 is 0 Å². The summed E-state index contributed by atoms with van der Waals surface area (Å²) >= 11 is 0. The highest BCUT2D eigenvalue weighted by atomic mass is 16.5. The van der Waals surface area contributed by atoms with Crippen LogP contribution in [0, 0.1) is 22.7 Å². The molecule has 0 aliphatic carbocycles. The molecule has 2 aliphatic rings. The fourth-order valence-electron chi connectivity index (χ4n) is 4.75. The van der Waals surface area contributed by atoms with Crippen molar-refractivity contribution in [3.8, 4) is 12.1 Å². The Labute approximate surface area is 216 Å². The molecule has 1 aromatic carbocycles. The van der Waals surface area contributed by atoms with Crippen LogP contribution in [0.3, 0.4) is 0 Å². The Bertz CT molecular complexity index is 1400. The van der Waals surface area contributed by atoms with Gasteiger partial charge in [0.05, 0.1) is 24.8 Å². The standard InChI is InChI=1S/C29H29N7O/c30-15-21-1-3-22(4-2-21)17-35-29(36-11-13-37-14-12-36)28-10-7-25(20-34-28)27-9-6-24(19-33-27)23-5-8-26(16-31)32-18-23/h1-5,7-8,10,18,20,24,33,35H,6,9,11-14,17,19H2/b27-25?,29-28+. The van der Waals surface area contributed by atoms with Crippen molar-refractivity contribution in [1.29, 1.82) is 10.5 Å². The van der Waals surface area contributed by atoms with E-state index in [4.69, 9.17) is 20.2 Å². The van der Waals surface area contributed by atoms with E-state index in [9.17, 15) is 0 Å². The molecular formula is C29H29N7O. The first-order chi connectivity index (χ1) is 18.2. The van der Waals surface area contributed by atoms with Crippen LogP contribution in [0.15, 0.2) is 60.9 Å². The summed E-state index contributed by atoms with van der Waals surface area (Å²) in [6, 6.07) is 19.9. The Kier molecular flexibility index (Phi) is 7.59. The van der Waals surface area contributed by atoms with Crippen molar-refractivity contribution in [2.45, 2.75) is 25.3 Å². The number of piperidine rings is 1. The summed E-state index contributed by atoms with van der Waals surface area (Å²) < 4.78 is 5.56. The number of morpholine rings is 1. The topological polar surface area (TPSA) is 110 Å². The third-order valence-corrected chi connectivity index (χ3v) is 6.90. The predicted octanol–water partition coefficient (Wildman–Crippen LogP) is 1.68. The van der Waals surface area contributed by atoms with E-state index in [2.05, 4.69) is 44.8 Å². The van der Waals surface area contributed by atoms with Crippen LogP contribution in [0.4, 0.5) is 0 Å². The molecule has 2 aromatic heterocycles. The average molecular weight is 492 g/mol. The first kappa shape index (κ1) is 24.3. The maximum atomic E-state index is 9.05. The summed E-state index contributed by atoms with van der Waals surface area (Å²) in [7, 11) is 0. The van der Waals surface area contributed by atoms with Crippen molar-refractivity contribution in [2.75, 3.05) is 32.8 Å². The molecular weight excluding hydrogens is 462 g/mol. The van der Waals surface area contributed by atoms with Crippen molar-refractivity contribution in [2.24, 2.45) is 0 Å². The summed E-state index contributed by atoms with van der Waals surface area (Å²) in [5.74, 6) is 1.37. The number of hydrogen-bond donors (Lipinski definition) is 2. The van der Waals surface area contributed by atoms with Crippen LogP contribution >= 0.6 is 0 Å². The molecule has 1 unspecified atom stereocenters. The SMILES string of the molecule is N#Cc1ccc(CN/C(=c2/ccc(=C3CCC(c4ccc(C#N)nc4)CN3)cn2)N2CCOCC2)cc1. The maximum absolute atomic E-state index is 9.05. The molecule has 2 N–H and O–H groups in total. The number of ether oxygens (including phenoxy) is 1. The van der Waals surface area contributed by atoms with Crippen molar-refractivity contribution < 1.29 is 4.74 Å². The number of benzene rings is 1. The third kappa shape index (κ3) is 5.88. The molecule has 8 heteroatoms. The van der Waals surface area contributed by atoms with Gasteiger partial charge in [0, 0.05) is 55.4 Å². The van der Waals surface area contributed by atoms with Gasteiger partial charge in [-0.15, -0.1) is 0 Å². The Morgan fingerprint density at radius 1 is 1.00 bits per heavy atom. The van der Waals surface area contributed by atoms with E-state index in [-0.39, 0.29) is 0 Å². The second kappa shape index (κ2) is 11.6. The van der Waals surface area contributed by atoms with Crippen molar-refractivity contribution in [1.82, 2.24) is 25.5 Å². The minimum Gasteiger partial charge on any atom is -0.387 e. The molecule has 5 rings (SSSR count). The number of nitrogens with zero attached hydrogens (tertiary/aromatic N) is 5. The second-order valence-corrected chi connectivity index (χ2v) is 9.23. The van der Waals surface area contributed by atoms with E-state index in [0.717, 1.165) is 60.0 Å². The minimum atomic E-state index is 0.379. The normalized spacial score (nSPS) is 19.7. The number of nitriles is 2. The number of aromatic nitrogens is 2. The second-order valence-electron chi connectivity index (χ2n) is 9.23. The third-order valence-electron chi connectivity index (χ3n) is 6.90. The molecule has 2 saturated heterocycles. The molecule has 0 radical (unpaired) electrons. The number of pyridine rings is 2. The Balaban J connectivity index is 1.34. The fourth-order valence-corrected chi connectivity index (χ4v) is 4.75. The molecule has 37 heavy (non-hydrogen) atoms. The van der Waals surface area contributed by atoms with Crippen LogP contribution < -0.4 is 21.2 Å². The van der Waals surface area contributed by atoms with Gasteiger partial charge in [0.15, 0.2) is 0 Å². The number of hydrogen-bond acceptors (Lipinski definition) is 8. The van der Waals surface area contributed by atoms with E-state index in [1.165, 1.54) is 5.70 Å². The Morgan fingerprint density at radius 2 is 1.84 bits per heavy atom. The summed E-state index contributed by atoms with van der Waals surface area (Å²) in [5, 5.41) is 27.2. The van der Waals surface area contributed by atoms with Gasteiger partial charge in [-0.05, 0) is 54.3 Å². The van der Waals surface area contributed by atoms with Crippen molar-refractivity contribution >= 4 is 11.5 Å². The van der Waals surface area contributed by atoms with E-state index in [1.54, 1.807) is 6.07 Å². The van der Waals surface area contributed by atoms with Gasteiger partial charge in [0.2, 0.25) is 0 Å².